The summed E-state index contributed by atoms with van der Waals surface area (Å²) in [7, 11) is 0. The van der Waals surface area contributed by atoms with E-state index >= 15 is 0 Å². The number of hydrogen-bond acceptors (Lipinski definition) is 4. The van der Waals surface area contributed by atoms with Crippen LogP contribution in [0.3, 0.4) is 0 Å². The maximum atomic E-state index is 12.6. The number of pyridine rings is 1. The third kappa shape index (κ3) is 1.25. The molecule has 0 aliphatic carbocycles. The Morgan fingerprint density at radius 1 is 1.54 bits per heavy atom. The second-order valence-electron chi connectivity index (χ2n) is 2.32. The van der Waals surface area contributed by atoms with Crippen molar-refractivity contribution in [1.29, 1.82) is 0 Å². The van der Waals surface area contributed by atoms with E-state index in [-0.39, 0.29) is 5.69 Å². The van der Waals surface area contributed by atoms with E-state index in [0.717, 1.165) is 17.6 Å². The van der Waals surface area contributed by atoms with Gasteiger partial charge in [0, 0.05) is 5.39 Å². The van der Waals surface area contributed by atoms with E-state index in [9.17, 15) is 9.18 Å². The standard InChI is InChI=1S/C7H3FN2O2S/c8-4-2-1-3-5(7(11)12)10-13-6(3)9-4/h1-2H,(H,11,12). The Hall–Kier alpha value is -1.56. The molecule has 0 amide bonds. The second kappa shape index (κ2) is 2.74. The molecule has 0 spiro atoms. The molecule has 0 atom stereocenters. The van der Waals surface area contributed by atoms with Gasteiger partial charge in [0.2, 0.25) is 5.95 Å². The van der Waals surface area contributed by atoms with Crippen molar-refractivity contribution >= 4 is 27.7 Å². The number of hydrogen-bond donors (Lipinski definition) is 1. The average Bonchev–Trinajstić information content (AvgIpc) is 2.46. The Labute approximate surface area is 75.8 Å². The van der Waals surface area contributed by atoms with Crippen molar-refractivity contribution < 1.29 is 14.3 Å². The van der Waals surface area contributed by atoms with E-state index in [1.165, 1.54) is 6.07 Å². The minimum absolute atomic E-state index is 0.0764. The summed E-state index contributed by atoms with van der Waals surface area (Å²) in [5.41, 5.74) is -0.0764. The van der Waals surface area contributed by atoms with Crippen LogP contribution in [-0.4, -0.2) is 20.4 Å². The highest BCUT2D eigenvalue weighted by molar-refractivity contribution is 7.13. The lowest BCUT2D eigenvalue weighted by molar-refractivity contribution is 0.0694. The summed E-state index contributed by atoms with van der Waals surface area (Å²) >= 11 is 0.874. The lowest BCUT2D eigenvalue weighted by atomic mass is 10.3. The van der Waals surface area contributed by atoms with Crippen molar-refractivity contribution in [2.75, 3.05) is 0 Å². The maximum Gasteiger partial charge on any atom is 0.356 e. The van der Waals surface area contributed by atoms with Crippen LogP contribution in [0.2, 0.25) is 0 Å². The van der Waals surface area contributed by atoms with Crippen molar-refractivity contribution in [1.82, 2.24) is 9.36 Å². The van der Waals surface area contributed by atoms with Crippen molar-refractivity contribution in [2.45, 2.75) is 0 Å². The Morgan fingerprint density at radius 3 is 3.00 bits per heavy atom. The molecule has 0 aromatic carbocycles. The molecule has 1 N–H and O–H groups in total. The Balaban J connectivity index is 2.76. The lowest BCUT2D eigenvalue weighted by Gasteiger charge is -1.89. The molecule has 0 bridgehead atoms. The fraction of sp³-hybridized carbons (Fsp3) is 0. The number of nitrogens with zero attached hydrogens (tertiary/aromatic N) is 2. The summed E-state index contributed by atoms with van der Waals surface area (Å²) in [6, 6.07) is 2.48. The highest BCUT2D eigenvalue weighted by Gasteiger charge is 2.13. The van der Waals surface area contributed by atoms with Crippen LogP contribution in [0.5, 0.6) is 0 Å². The maximum absolute atomic E-state index is 12.6. The quantitative estimate of drug-likeness (QED) is 0.706. The number of aromatic nitrogens is 2. The van der Waals surface area contributed by atoms with Crippen molar-refractivity contribution in [3.8, 4) is 0 Å². The molecular weight excluding hydrogens is 195 g/mol. The van der Waals surface area contributed by atoms with Gasteiger partial charge in [-0.2, -0.15) is 8.76 Å². The van der Waals surface area contributed by atoms with Gasteiger partial charge in [-0.25, -0.2) is 9.78 Å². The molecule has 2 aromatic rings. The van der Waals surface area contributed by atoms with Gasteiger partial charge in [0.15, 0.2) is 5.69 Å². The summed E-state index contributed by atoms with van der Waals surface area (Å²) in [6.07, 6.45) is 0. The van der Waals surface area contributed by atoms with Gasteiger partial charge in [-0.1, -0.05) is 0 Å². The molecule has 4 nitrogen and oxygen atoms in total. The second-order valence-corrected chi connectivity index (χ2v) is 3.07. The average molecular weight is 198 g/mol. The summed E-state index contributed by atoms with van der Waals surface area (Å²) in [4.78, 5) is 14.4. The zero-order valence-corrected chi connectivity index (χ0v) is 7.01. The van der Waals surface area contributed by atoms with Gasteiger partial charge in [-0.3, -0.25) is 0 Å². The van der Waals surface area contributed by atoms with Crippen LogP contribution in [0.15, 0.2) is 12.1 Å². The number of aromatic carboxylic acids is 1. The number of fused-ring (bicyclic) bond motifs is 1. The van der Waals surface area contributed by atoms with Gasteiger partial charge in [-0.05, 0) is 23.7 Å². The predicted molar refractivity (Wildman–Crippen MR) is 44.3 cm³/mol. The van der Waals surface area contributed by atoms with E-state index < -0.39 is 11.9 Å². The van der Waals surface area contributed by atoms with E-state index in [1.807, 2.05) is 0 Å². The molecule has 6 heteroatoms. The van der Waals surface area contributed by atoms with Crippen LogP contribution in [0.1, 0.15) is 10.5 Å². The van der Waals surface area contributed by atoms with Crippen molar-refractivity contribution in [3.05, 3.63) is 23.8 Å². The molecule has 0 saturated carbocycles. The number of carboxylic acid groups (broad SMARTS) is 1. The number of carbonyl (C=O) groups is 1. The summed E-state index contributed by atoms with van der Waals surface area (Å²) in [5, 5.41) is 9.04. The molecule has 2 heterocycles. The van der Waals surface area contributed by atoms with Crippen LogP contribution in [0.4, 0.5) is 4.39 Å². The Morgan fingerprint density at radius 2 is 2.31 bits per heavy atom. The van der Waals surface area contributed by atoms with Gasteiger partial charge < -0.3 is 5.11 Å². The molecule has 0 aliphatic heterocycles. The molecule has 0 fully saturated rings. The molecule has 2 rings (SSSR count). The molecule has 0 radical (unpaired) electrons. The fourth-order valence-electron chi connectivity index (χ4n) is 0.960. The van der Waals surface area contributed by atoms with Crippen LogP contribution in [-0.2, 0) is 0 Å². The minimum Gasteiger partial charge on any atom is -0.476 e. The first-order valence-corrected chi connectivity index (χ1v) is 4.11. The lowest BCUT2D eigenvalue weighted by Crippen LogP contribution is -1.96. The third-order valence-electron chi connectivity index (χ3n) is 1.51. The first-order chi connectivity index (χ1) is 6.18. The highest BCUT2D eigenvalue weighted by atomic mass is 32.1. The van der Waals surface area contributed by atoms with Gasteiger partial charge in [-0.15, -0.1) is 0 Å². The molecule has 66 valence electrons. The smallest absolute Gasteiger partial charge is 0.356 e. The normalized spacial score (nSPS) is 10.5. The number of carboxylic acids is 1. The highest BCUT2D eigenvalue weighted by Crippen LogP contribution is 2.20. The van der Waals surface area contributed by atoms with Gasteiger partial charge >= 0.3 is 5.97 Å². The fourth-order valence-corrected chi connectivity index (χ4v) is 1.71. The van der Waals surface area contributed by atoms with E-state index in [2.05, 4.69) is 9.36 Å². The van der Waals surface area contributed by atoms with E-state index in [4.69, 9.17) is 5.11 Å². The first kappa shape index (κ1) is 8.06. The Bertz CT molecular complexity index is 482. The largest absolute Gasteiger partial charge is 0.476 e. The summed E-state index contributed by atoms with van der Waals surface area (Å²) in [6.45, 7) is 0. The van der Waals surface area contributed by atoms with Crippen LogP contribution in [0, 0.1) is 5.95 Å². The topological polar surface area (TPSA) is 63.1 Å². The molecule has 0 aliphatic rings. The zero-order chi connectivity index (χ0) is 9.42. The van der Waals surface area contributed by atoms with Crippen LogP contribution in [0.25, 0.3) is 10.2 Å². The van der Waals surface area contributed by atoms with E-state index in [1.54, 1.807) is 0 Å². The van der Waals surface area contributed by atoms with Crippen LogP contribution >= 0.6 is 11.5 Å². The predicted octanol–water partition coefficient (Wildman–Crippen LogP) is 1.53. The number of rotatable bonds is 1. The van der Waals surface area contributed by atoms with Gasteiger partial charge in [0.1, 0.15) is 4.83 Å². The summed E-state index contributed by atoms with van der Waals surface area (Å²) < 4.78 is 16.2. The molecule has 0 unspecified atom stereocenters. The molecule has 13 heavy (non-hydrogen) atoms. The van der Waals surface area contributed by atoms with Crippen molar-refractivity contribution in [2.24, 2.45) is 0 Å². The number of halogens is 1. The SMILES string of the molecule is O=C(O)c1nsc2nc(F)ccc12. The molecular formula is C7H3FN2O2S. The van der Waals surface area contributed by atoms with Gasteiger partial charge in [0.05, 0.1) is 0 Å². The summed E-state index contributed by atoms with van der Waals surface area (Å²) in [5.74, 6) is -1.76. The Kier molecular flexibility index (Phi) is 1.70. The molecule has 0 saturated heterocycles. The minimum atomic E-state index is -1.13. The van der Waals surface area contributed by atoms with Gasteiger partial charge in [0.25, 0.3) is 0 Å². The van der Waals surface area contributed by atoms with Crippen molar-refractivity contribution in [3.63, 3.8) is 0 Å². The van der Waals surface area contributed by atoms with E-state index in [0.29, 0.717) is 10.2 Å². The monoisotopic (exact) mass is 198 g/mol. The third-order valence-corrected chi connectivity index (χ3v) is 2.27. The zero-order valence-electron chi connectivity index (χ0n) is 6.19. The molecule has 2 aromatic heterocycles. The van der Waals surface area contributed by atoms with Crippen LogP contribution < -0.4 is 0 Å². The first-order valence-electron chi connectivity index (χ1n) is 3.33.